The molecule has 1 rings (SSSR count). The SMILES string of the molecule is NC(CCC(=O)O)C(=O)Nc1c(Br)cccc1C(=O)O. The van der Waals surface area contributed by atoms with Gasteiger partial charge in [-0.25, -0.2) is 4.79 Å². The third-order valence-corrected chi connectivity index (χ3v) is 3.16. The van der Waals surface area contributed by atoms with Crippen LogP contribution < -0.4 is 11.1 Å². The summed E-state index contributed by atoms with van der Waals surface area (Å²) in [6, 6.07) is 3.41. The van der Waals surface area contributed by atoms with Gasteiger partial charge >= 0.3 is 11.9 Å². The fraction of sp³-hybridized carbons (Fsp3) is 0.250. The number of hydrogen-bond acceptors (Lipinski definition) is 4. The summed E-state index contributed by atoms with van der Waals surface area (Å²) in [7, 11) is 0. The molecule has 0 heterocycles. The number of aliphatic carboxylic acids is 1. The van der Waals surface area contributed by atoms with Crippen molar-refractivity contribution in [3.8, 4) is 0 Å². The van der Waals surface area contributed by atoms with Gasteiger partial charge < -0.3 is 21.3 Å². The smallest absolute Gasteiger partial charge is 0.337 e. The topological polar surface area (TPSA) is 130 Å². The molecule has 0 aliphatic rings. The second-order valence-electron chi connectivity index (χ2n) is 4.00. The fourth-order valence-corrected chi connectivity index (χ4v) is 1.92. The van der Waals surface area contributed by atoms with Gasteiger partial charge in [-0.15, -0.1) is 0 Å². The van der Waals surface area contributed by atoms with Gasteiger partial charge in [0, 0.05) is 10.9 Å². The van der Waals surface area contributed by atoms with Gasteiger partial charge in [0.25, 0.3) is 0 Å². The summed E-state index contributed by atoms with van der Waals surface area (Å²) >= 11 is 3.14. The van der Waals surface area contributed by atoms with Gasteiger partial charge in [0.15, 0.2) is 0 Å². The maximum Gasteiger partial charge on any atom is 0.337 e. The molecule has 1 atom stereocenters. The maximum atomic E-state index is 11.8. The molecule has 0 radical (unpaired) electrons. The molecule has 5 N–H and O–H groups in total. The zero-order valence-corrected chi connectivity index (χ0v) is 11.9. The minimum atomic E-state index is -1.19. The van der Waals surface area contributed by atoms with Gasteiger partial charge in [0.1, 0.15) is 0 Å². The molecule has 7 nitrogen and oxygen atoms in total. The summed E-state index contributed by atoms with van der Waals surface area (Å²) in [5.41, 5.74) is 5.56. The number of carbonyl (C=O) groups excluding carboxylic acids is 1. The first kappa shape index (κ1) is 16.1. The van der Waals surface area contributed by atoms with Crippen LogP contribution in [0, 0.1) is 0 Å². The van der Waals surface area contributed by atoms with Crippen LogP contribution >= 0.6 is 15.9 Å². The monoisotopic (exact) mass is 344 g/mol. The Hall–Kier alpha value is -1.93. The van der Waals surface area contributed by atoms with Crippen molar-refractivity contribution in [2.75, 3.05) is 5.32 Å². The van der Waals surface area contributed by atoms with E-state index in [0.29, 0.717) is 4.47 Å². The van der Waals surface area contributed by atoms with Crippen molar-refractivity contribution < 1.29 is 24.6 Å². The van der Waals surface area contributed by atoms with Crippen molar-refractivity contribution >= 4 is 39.5 Å². The Kier molecular flexibility index (Phi) is 5.66. The summed E-state index contributed by atoms with van der Waals surface area (Å²) in [5.74, 6) is -2.89. The number of carboxylic acid groups (broad SMARTS) is 2. The second kappa shape index (κ2) is 7.01. The maximum absolute atomic E-state index is 11.8. The number of halogens is 1. The van der Waals surface area contributed by atoms with E-state index >= 15 is 0 Å². The fourth-order valence-electron chi connectivity index (χ4n) is 1.46. The predicted molar refractivity (Wildman–Crippen MR) is 74.6 cm³/mol. The van der Waals surface area contributed by atoms with E-state index in [9.17, 15) is 14.4 Å². The van der Waals surface area contributed by atoms with E-state index in [1.807, 2.05) is 0 Å². The van der Waals surface area contributed by atoms with Crippen molar-refractivity contribution in [3.63, 3.8) is 0 Å². The van der Waals surface area contributed by atoms with Crippen LogP contribution in [0.25, 0.3) is 0 Å². The van der Waals surface area contributed by atoms with Crippen LogP contribution in [0.15, 0.2) is 22.7 Å². The lowest BCUT2D eigenvalue weighted by atomic mass is 10.1. The number of aromatic carboxylic acids is 1. The van der Waals surface area contributed by atoms with Gasteiger partial charge in [-0.1, -0.05) is 6.07 Å². The predicted octanol–water partition coefficient (Wildman–Crippen LogP) is 1.28. The summed E-state index contributed by atoms with van der Waals surface area (Å²) in [6.07, 6.45) is -0.273. The number of rotatable bonds is 6. The normalized spacial score (nSPS) is 11.7. The van der Waals surface area contributed by atoms with Crippen LogP contribution in [-0.4, -0.2) is 34.1 Å². The Morgan fingerprint density at radius 3 is 2.50 bits per heavy atom. The summed E-state index contributed by atoms with van der Waals surface area (Å²) in [4.78, 5) is 33.3. The number of carbonyl (C=O) groups is 3. The van der Waals surface area contributed by atoms with Crippen LogP contribution in [0.3, 0.4) is 0 Å². The average molecular weight is 345 g/mol. The molecule has 20 heavy (non-hydrogen) atoms. The Balaban J connectivity index is 2.85. The molecule has 1 aromatic carbocycles. The Bertz CT molecular complexity index is 547. The van der Waals surface area contributed by atoms with Crippen molar-refractivity contribution in [2.24, 2.45) is 5.73 Å². The molecular formula is C12H13BrN2O5. The molecule has 0 aromatic heterocycles. The molecular weight excluding hydrogens is 332 g/mol. The quantitative estimate of drug-likeness (QED) is 0.614. The molecule has 0 saturated heterocycles. The van der Waals surface area contributed by atoms with Gasteiger partial charge in [-0.3, -0.25) is 9.59 Å². The number of nitrogens with one attached hydrogen (secondary N) is 1. The first-order valence-electron chi connectivity index (χ1n) is 5.63. The first-order chi connectivity index (χ1) is 9.32. The van der Waals surface area contributed by atoms with E-state index in [1.165, 1.54) is 12.1 Å². The third kappa shape index (κ3) is 4.32. The van der Waals surface area contributed by atoms with Crippen LogP contribution in [0.4, 0.5) is 5.69 Å². The molecule has 108 valence electrons. The van der Waals surface area contributed by atoms with Crippen LogP contribution in [0.5, 0.6) is 0 Å². The zero-order valence-electron chi connectivity index (χ0n) is 10.3. The summed E-state index contributed by atoms with van der Waals surface area (Å²) in [6.45, 7) is 0. The third-order valence-electron chi connectivity index (χ3n) is 2.50. The van der Waals surface area contributed by atoms with Gasteiger partial charge in [0.2, 0.25) is 5.91 Å². The number of amides is 1. The highest BCUT2D eigenvalue weighted by Gasteiger charge is 2.19. The molecule has 0 bridgehead atoms. The van der Waals surface area contributed by atoms with Gasteiger partial charge in [-0.2, -0.15) is 0 Å². The zero-order chi connectivity index (χ0) is 15.3. The standard InChI is InChI=1S/C12H13BrN2O5/c13-7-3-1-2-6(12(19)20)10(7)15-11(18)8(14)4-5-9(16)17/h1-3,8H,4-5,14H2,(H,15,18)(H,16,17)(H,19,20). The van der Waals surface area contributed by atoms with E-state index in [1.54, 1.807) is 6.07 Å². The lowest BCUT2D eigenvalue weighted by molar-refractivity contribution is -0.137. The first-order valence-corrected chi connectivity index (χ1v) is 6.42. The molecule has 1 amide bonds. The molecule has 1 aromatic rings. The molecule has 0 saturated carbocycles. The van der Waals surface area contributed by atoms with Crippen LogP contribution in [-0.2, 0) is 9.59 Å². The summed E-state index contributed by atoms with van der Waals surface area (Å²) in [5, 5.41) is 20.0. The molecule has 0 aliphatic heterocycles. The molecule has 0 spiro atoms. The lowest BCUT2D eigenvalue weighted by Gasteiger charge is -2.14. The second-order valence-corrected chi connectivity index (χ2v) is 4.85. The Labute approximate surface area is 122 Å². The molecule has 8 heteroatoms. The highest BCUT2D eigenvalue weighted by molar-refractivity contribution is 9.10. The minimum absolute atomic E-state index is 0.0337. The van der Waals surface area contributed by atoms with Crippen LogP contribution in [0.2, 0.25) is 0 Å². The Morgan fingerprint density at radius 2 is 1.95 bits per heavy atom. The van der Waals surface area contributed by atoms with E-state index in [0.717, 1.165) is 0 Å². The van der Waals surface area contributed by atoms with E-state index < -0.39 is 23.9 Å². The average Bonchev–Trinajstić information content (AvgIpc) is 2.37. The molecule has 0 fully saturated rings. The number of carboxylic acids is 2. The number of anilines is 1. The number of para-hydroxylation sites is 1. The van der Waals surface area contributed by atoms with Crippen LogP contribution in [0.1, 0.15) is 23.2 Å². The molecule has 1 unspecified atom stereocenters. The highest BCUT2D eigenvalue weighted by Crippen LogP contribution is 2.26. The van der Waals surface area contributed by atoms with Crippen molar-refractivity contribution in [3.05, 3.63) is 28.2 Å². The van der Waals surface area contributed by atoms with Crippen molar-refractivity contribution in [2.45, 2.75) is 18.9 Å². The largest absolute Gasteiger partial charge is 0.481 e. The van der Waals surface area contributed by atoms with E-state index in [4.69, 9.17) is 15.9 Å². The van der Waals surface area contributed by atoms with Gasteiger partial charge in [-0.05, 0) is 34.5 Å². The van der Waals surface area contributed by atoms with E-state index in [2.05, 4.69) is 21.2 Å². The number of hydrogen-bond donors (Lipinski definition) is 4. The summed E-state index contributed by atoms with van der Waals surface area (Å²) < 4.78 is 0.399. The lowest BCUT2D eigenvalue weighted by Crippen LogP contribution is -2.36. The van der Waals surface area contributed by atoms with E-state index in [-0.39, 0.29) is 24.1 Å². The molecule has 0 aliphatic carbocycles. The Morgan fingerprint density at radius 1 is 1.30 bits per heavy atom. The van der Waals surface area contributed by atoms with Crippen molar-refractivity contribution in [1.29, 1.82) is 0 Å². The minimum Gasteiger partial charge on any atom is -0.481 e. The number of benzene rings is 1. The number of nitrogens with two attached hydrogens (primary N) is 1. The highest BCUT2D eigenvalue weighted by atomic mass is 79.9. The van der Waals surface area contributed by atoms with Crippen molar-refractivity contribution in [1.82, 2.24) is 0 Å². The van der Waals surface area contributed by atoms with Gasteiger partial charge in [0.05, 0.1) is 17.3 Å².